The van der Waals surface area contributed by atoms with E-state index in [1.807, 2.05) is 11.9 Å². The molecule has 1 amide bonds. The number of amides is 1. The first kappa shape index (κ1) is 12.9. The van der Waals surface area contributed by atoms with Gasteiger partial charge in [0.05, 0.1) is 0 Å². The van der Waals surface area contributed by atoms with E-state index in [2.05, 4.69) is 12.2 Å². The molecule has 2 fully saturated rings. The average Bonchev–Trinajstić information content (AvgIpc) is 3.14. The van der Waals surface area contributed by atoms with Crippen molar-refractivity contribution in [3.05, 3.63) is 0 Å². The van der Waals surface area contributed by atoms with E-state index in [9.17, 15) is 4.79 Å². The number of rotatable bonds is 5. The van der Waals surface area contributed by atoms with Crippen LogP contribution >= 0.6 is 0 Å². The maximum absolute atomic E-state index is 12.1. The first-order valence-corrected chi connectivity index (χ1v) is 7.11. The smallest absolute Gasteiger partial charge is 0.222 e. The summed E-state index contributed by atoms with van der Waals surface area (Å²) in [6, 6.07) is 0. The molecular weight excluding hydrogens is 212 g/mol. The Bertz CT molecular complexity index is 257. The van der Waals surface area contributed by atoms with Gasteiger partial charge >= 0.3 is 0 Å². The van der Waals surface area contributed by atoms with Gasteiger partial charge in [0.25, 0.3) is 0 Å². The number of nitrogens with zero attached hydrogens (tertiary/aromatic N) is 1. The topological polar surface area (TPSA) is 32.3 Å². The number of nitrogens with one attached hydrogen (secondary N) is 1. The highest BCUT2D eigenvalue weighted by Gasteiger charge is 2.27. The Labute approximate surface area is 105 Å². The van der Waals surface area contributed by atoms with Gasteiger partial charge in [-0.3, -0.25) is 4.79 Å². The van der Waals surface area contributed by atoms with Gasteiger partial charge in [0.15, 0.2) is 0 Å². The fourth-order valence-corrected chi connectivity index (χ4v) is 2.75. The Morgan fingerprint density at radius 1 is 1.41 bits per heavy atom. The van der Waals surface area contributed by atoms with Crippen LogP contribution in [0.25, 0.3) is 0 Å². The van der Waals surface area contributed by atoms with Crippen LogP contribution in [0.1, 0.15) is 39.0 Å². The highest BCUT2D eigenvalue weighted by Crippen LogP contribution is 2.30. The van der Waals surface area contributed by atoms with Crippen LogP contribution in [0.3, 0.4) is 0 Å². The van der Waals surface area contributed by atoms with Crippen molar-refractivity contribution >= 4 is 5.91 Å². The van der Waals surface area contributed by atoms with E-state index in [0.29, 0.717) is 17.7 Å². The number of hydrogen-bond acceptors (Lipinski definition) is 2. The van der Waals surface area contributed by atoms with Gasteiger partial charge in [-0.15, -0.1) is 0 Å². The monoisotopic (exact) mass is 238 g/mol. The molecule has 3 heteroatoms. The normalized spacial score (nSPS) is 26.6. The van der Waals surface area contributed by atoms with Crippen LogP contribution in [0.5, 0.6) is 0 Å². The second kappa shape index (κ2) is 5.85. The Hall–Kier alpha value is -0.570. The maximum atomic E-state index is 12.1. The van der Waals surface area contributed by atoms with Gasteiger partial charge in [-0.1, -0.05) is 6.92 Å². The van der Waals surface area contributed by atoms with Crippen LogP contribution in [0.15, 0.2) is 0 Å². The molecule has 0 spiro atoms. The Kier molecular flexibility index (Phi) is 4.43. The third-order valence-corrected chi connectivity index (χ3v) is 4.29. The molecule has 0 aromatic rings. The molecule has 0 aromatic carbocycles. The zero-order valence-electron chi connectivity index (χ0n) is 11.2. The third-order valence-electron chi connectivity index (χ3n) is 4.29. The van der Waals surface area contributed by atoms with Crippen molar-refractivity contribution in [2.75, 3.05) is 26.7 Å². The molecule has 1 N–H and O–H groups in total. The van der Waals surface area contributed by atoms with Gasteiger partial charge in [-0.05, 0) is 56.5 Å². The zero-order valence-corrected chi connectivity index (χ0v) is 11.2. The molecule has 1 aliphatic carbocycles. The van der Waals surface area contributed by atoms with Crippen molar-refractivity contribution in [1.82, 2.24) is 10.2 Å². The summed E-state index contributed by atoms with van der Waals surface area (Å²) < 4.78 is 0. The first-order chi connectivity index (χ1) is 8.16. The van der Waals surface area contributed by atoms with Crippen LogP contribution in [-0.4, -0.2) is 37.5 Å². The van der Waals surface area contributed by atoms with Crippen LogP contribution in [0, 0.1) is 17.8 Å². The molecule has 2 unspecified atom stereocenters. The van der Waals surface area contributed by atoms with Gasteiger partial charge in [-0.25, -0.2) is 0 Å². The molecule has 1 saturated heterocycles. The predicted molar refractivity (Wildman–Crippen MR) is 69.7 cm³/mol. The molecule has 1 saturated carbocycles. The lowest BCUT2D eigenvalue weighted by molar-refractivity contribution is -0.131. The minimum atomic E-state index is 0.343. The molecule has 0 bridgehead atoms. The van der Waals surface area contributed by atoms with E-state index >= 15 is 0 Å². The first-order valence-electron chi connectivity index (χ1n) is 7.11. The second-order valence-corrected chi connectivity index (χ2v) is 6.01. The predicted octanol–water partition coefficient (Wildman–Crippen LogP) is 1.88. The van der Waals surface area contributed by atoms with Crippen LogP contribution in [0.4, 0.5) is 0 Å². The van der Waals surface area contributed by atoms with Crippen molar-refractivity contribution < 1.29 is 4.79 Å². The van der Waals surface area contributed by atoms with E-state index < -0.39 is 0 Å². The number of carbonyl (C=O) groups excluding carboxylic acids is 1. The highest BCUT2D eigenvalue weighted by molar-refractivity contribution is 5.76. The van der Waals surface area contributed by atoms with Crippen molar-refractivity contribution in [3.63, 3.8) is 0 Å². The molecule has 3 nitrogen and oxygen atoms in total. The summed E-state index contributed by atoms with van der Waals surface area (Å²) in [6.07, 6.45) is 5.92. The SMILES string of the molecule is CC(CC(=O)N(C)CC1CC1)C1CCCNC1. The molecule has 2 rings (SSSR count). The molecule has 2 aliphatic rings. The minimum absolute atomic E-state index is 0.343. The standard InChI is InChI=1S/C14H26N2O/c1-11(13-4-3-7-15-9-13)8-14(17)16(2)10-12-5-6-12/h11-13,15H,3-10H2,1-2H3. The molecule has 0 radical (unpaired) electrons. The van der Waals surface area contributed by atoms with Crippen molar-refractivity contribution in [2.45, 2.75) is 39.0 Å². The number of piperidine rings is 1. The lowest BCUT2D eigenvalue weighted by Crippen LogP contribution is -2.36. The van der Waals surface area contributed by atoms with Crippen molar-refractivity contribution in [3.8, 4) is 0 Å². The summed E-state index contributed by atoms with van der Waals surface area (Å²) in [6.45, 7) is 5.47. The largest absolute Gasteiger partial charge is 0.345 e. The van der Waals surface area contributed by atoms with Gasteiger partial charge in [-0.2, -0.15) is 0 Å². The van der Waals surface area contributed by atoms with E-state index in [0.717, 1.165) is 32.0 Å². The highest BCUT2D eigenvalue weighted by atomic mass is 16.2. The van der Waals surface area contributed by atoms with E-state index in [-0.39, 0.29) is 0 Å². The Balaban J connectivity index is 1.71. The number of hydrogen-bond donors (Lipinski definition) is 1. The second-order valence-electron chi connectivity index (χ2n) is 6.01. The van der Waals surface area contributed by atoms with Gasteiger partial charge in [0.2, 0.25) is 5.91 Å². The van der Waals surface area contributed by atoms with Gasteiger partial charge in [0, 0.05) is 20.0 Å². The van der Waals surface area contributed by atoms with Crippen LogP contribution in [0.2, 0.25) is 0 Å². The van der Waals surface area contributed by atoms with Crippen LogP contribution < -0.4 is 5.32 Å². The summed E-state index contributed by atoms with van der Waals surface area (Å²) in [5, 5.41) is 3.44. The minimum Gasteiger partial charge on any atom is -0.345 e. The fourth-order valence-electron chi connectivity index (χ4n) is 2.75. The van der Waals surface area contributed by atoms with Gasteiger partial charge in [0.1, 0.15) is 0 Å². The average molecular weight is 238 g/mol. The van der Waals surface area contributed by atoms with E-state index in [1.54, 1.807) is 0 Å². The molecule has 1 heterocycles. The fraction of sp³-hybridized carbons (Fsp3) is 0.929. The van der Waals surface area contributed by atoms with Crippen molar-refractivity contribution in [1.29, 1.82) is 0 Å². The molecule has 17 heavy (non-hydrogen) atoms. The Morgan fingerprint density at radius 3 is 2.76 bits per heavy atom. The summed E-state index contributed by atoms with van der Waals surface area (Å²) in [7, 11) is 1.96. The summed E-state index contributed by atoms with van der Waals surface area (Å²) in [5.74, 6) is 2.37. The van der Waals surface area contributed by atoms with Crippen LogP contribution in [-0.2, 0) is 4.79 Å². The summed E-state index contributed by atoms with van der Waals surface area (Å²) in [4.78, 5) is 14.0. The molecule has 98 valence electrons. The molecule has 2 atom stereocenters. The van der Waals surface area contributed by atoms with Gasteiger partial charge < -0.3 is 10.2 Å². The molecule has 1 aliphatic heterocycles. The summed E-state index contributed by atoms with van der Waals surface area (Å²) >= 11 is 0. The lowest BCUT2D eigenvalue weighted by atomic mass is 9.85. The molecule has 0 aromatic heterocycles. The van der Waals surface area contributed by atoms with E-state index in [1.165, 1.54) is 25.7 Å². The molecular formula is C14H26N2O. The zero-order chi connectivity index (χ0) is 12.3. The number of carbonyl (C=O) groups is 1. The van der Waals surface area contributed by atoms with Crippen molar-refractivity contribution in [2.24, 2.45) is 17.8 Å². The van der Waals surface area contributed by atoms with E-state index in [4.69, 9.17) is 0 Å². The summed E-state index contributed by atoms with van der Waals surface area (Å²) in [5.41, 5.74) is 0. The quantitative estimate of drug-likeness (QED) is 0.793. The maximum Gasteiger partial charge on any atom is 0.222 e. The third kappa shape index (κ3) is 3.98. The lowest BCUT2D eigenvalue weighted by Gasteiger charge is -2.29. The Morgan fingerprint density at radius 2 is 2.18 bits per heavy atom.